The van der Waals surface area contributed by atoms with Gasteiger partial charge in [-0.05, 0) is 63.2 Å². The molecule has 32 heavy (non-hydrogen) atoms. The number of nitrogens with zero attached hydrogens (tertiary/aromatic N) is 3. The molecule has 3 heterocycles. The van der Waals surface area contributed by atoms with Gasteiger partial charge in [0.1, 0.15) is 18.2 Å². The van der Waals surface area contributed by atoms with Crippen molar-refractivity contribution in [3.8, 4) is 17.0 Å². The van der Waals surface area contributed by atoms with Crippen molar-refractivity contribution < 1.29 is 4.74 Å². The number of hydrogen-bond donors (Lipinski definition) is 2. The highest BCUT2D eigenvalue weighted by Gasteiger charge is 2.15. The lowest BCUT2D eigenvalue weighted by molar-refractivity contribution is 0.238. The number of rotatable bonds is 7. The largest absolute Gasteiger partial charge is 0.492 e. The molecule has 0 bridgehead atoms. The molecule has 7 heteroatoms. The van der Waals surface area contributed by atoms with Crippen molar-refractivity contribution in [3.05, 3.63) is 59.5 Å². The van der Waals surface area contributed by atoms with E-state index in [1.54, 1.807) is 11.3 Å². The molecule has 2 aromatic carbocycles. The second-order valence-electron chi connectivity index (χ2n) is 8.10. The zero-order valence-electron chi connectivity index (χ0n) is 18.2. The van der Waals surface area contributed by atoms with Gasteiger partial charge in [0, 0.05) is 38.8 Å². The fourth-order valence-corrected chi connectivity index (χ4v) is 5.02. The van der Waals surface area contributed by atoms with E-state index in [1.165, 1.54) is 36.0 Å². The van der Waals surface area contributed by atoms with Crippen LogP contribution in [0.1, 0.15) is 18.4 Å². The highest BCUT2D eigenvalue weighted by Crippen LogP contribution is 2.36. The third-order valence-corrected chi connectivity index (χ3v) is 6.87. The van der Waals surface area contributed by atoms with E-state index in [0.29, 0.717) is 18.4 Å². The van der Waals surface area contributed by atoms with Gasteiger partial charge in [-0.3, -0.25) is 4.90 Å². The number of benzene rings is 2. The molecule has 0 saturated carbocycles. The highest BCUT2D eigenvalue weighted by atomic mass is 32.1. The van der Waals surface area contributed by atoms with Crippen molar-refractivity contribution in [2.24, 2.45) is 0 Å². The number of likely N-dealkylation sites (tertiary alicyclic amines) is 1. The van der Waals surface area contributed by atoms with Gasteiger partial charge < -0.3 is 15.8 Å². The van der Waals surface area contributed by atoms with E-state index in [1.807, 2.05) is 37.3 Å². The Bertz CT molecular complexity index is 1210. The van der Waals surface area contributed by atoms with E-state index in [0.717, 1.165) is 34.8 Å². The van der Waals surface area contributed by atoms with Crippen molar-refractivity contribution in [3.63, 3.8) is 0 Å². The van der Waals surface area contributed by atoms with Crippen LogP contribution in [-0.4, -0.2) is 41.1 Å². The first-order valence-electron chi connectivity index (χ1n) is 11.0. The molecule has 3 N–H and O–H groups in total. The van der Waals surface area contributed by atoms with Gasteiger partial charge in [-0.2, -0.15) is 4.98 Å². The predicted octanol–water partition coefficient (Wildman–Crippen LogP) is 5.47. The Balaban J connectivity index is 1.31. The fourth-order valence-electron chi connectivity index (χ4n) is 4.08. The van der Waals surface area contributed by atoms with Gasteiger partial charge >= 0.3 is 0 Å². The molecule has 5 rings (SSSR count). The molecular formula is C25H27N5OS. The summed E-state index contributed by atoms with van der Waals surface area (Å²) in [6.07, 6.45) is 2.60. The van der Waals surface area contributed by atoms with Gasteiger partial charge in [0.2, 0.25) is 5.95 Å². The molecule has 6 nitrogen and oxygen atoms in total. The zero-order valence-corrected chi connectivity index (χ0v) is 19.0. The highest BCUT2D eigenvalue weighted by molar-refractivity contribution is 7.17. The Hall–Kier alpha value is -3.16. The number of hydrogen-bond acceptors (Lipinski definition) is 7. The van der Waals surface area contributed by atoms with Crippen LogP contribution in [0.15, 0.2) is 53.9 Å². The van der Waals surface area contributed by atoms with Gasteiger partial charge in [-0.25, -0.2) is 4.98 Å². The normalized spacial score (nSPS) is 14.2. The molecule has 0 atom stereocenters. The summed E-state index contributed by atoms with van der Waals surface area (Å²) in [6, 6.07) is 16.2. The van der Waals surface area contributed by atoms with Crippen LogP contribution in [0.5, 0.6) is 5.75 Å². The predicted molar refractivity (Wildman–Crippen MR) is 133 cm³/mol. The lowest BCUT2D eigenvalue weighted by Gasteiger charge is -2.15. The summed E-state index contributed by atoms with van der Waals surface area (Å²) >= 11 is 1.71. The summed E-state index contributed by atoms with van der Waals surface area (Å²) < 4.78 is 7.13. The van der Waals surface area contributed by atoms with Crippen LogP contribution in [0.2, 0.25) is 0 Å². The summed E-state index contributed by atoms with van der Waals surface area (Å²) in [7, 11) is 0. The van der Waals surface area contributed by atoms with Gasteiger partial charge in [0.25, 0.3) is 0 Å². The van der Waals surface area contributed by atoms with Crippen LogP contribution in [-0.2, 0) is 0 Å². The lowest BCUT2D eigenvalue weighted by atomic mass is 10.1. The summed E-state index contributed by atoms with van der Waals surface area (Å²) in [6.45, 7) is 6.04. The quantitative estimate of drug-likeness (QED) is 0.393. The van der Waals surface area contributed by atoms with E-state index in [4.69, 9.17) is 15.5 Å². The van der Waals surface area contributed by atoms with Crippen LogP contribution in [0.3, 0.4) is 0 Å². The Kier molecular flexibility index (Phi) is 5.92. The number of aromatic nitrogens is 2. The number of nitrogen functional groups attached to an aromatic ring is 1. The molecular weight excluding hydrogens is 418 g/mol. The first-order valence-corrected chi connectivity index (χ1v) is 11.9. The zero-order chi connectivity index (χ0) is 21.9. The van der Waals surface area contributed by atoms with Crippen molar-refractivity contribution >= 4 is 38.9 Å². The molecule has 1 aliphatic rings. The van der Waals surface area contributed by atoms with Crippen LogP contribution < -0.4 is 15.8 Å². The van der Waals surface area contributed by atoms with Crippen molar-refractivity contribution in [1.82, 2.24) is 14.9 Å². The topological polar surface area (TPSA) is 76.3 Å². The first-order chi connectivity index (χ1) is 15.7. The average molecular weight is 446 g/mol. The SMILES string of the molecule is Cc1c(N)nc(Nc2ccc(OCCN3CCCC3)cc2)nc1-c1csc2ccccc12. The molecule has 0 aliphatic carbocycles. The summed E-state index contributed by atoms with van der Waals surface area (Å²) in [5.74, 6) is 1.83. The maximum absolute atomic E-state index is 6.24. The third kappa shape index (κ3) is 4.40. The summed E-state index contributed by atoms with van der Waals surface area (Å²) in [5.41, 5.74) is 9.97. The number of nitrogens with two attached hydrogens (primary N) is 1. The monoisotopic (exact) mass is 445 g/mol. The number of fused-ring (bicyclic) bond motifs is 1. The number of nitrogens with one attached hydrogen (secondary N) is 1. The molecule has 2 aromatic heterocycles. The maximum Gasteiger partial charge on any atom is 0.229 e. The molecule has 0 spiro atoms. The van der Waals surface area contributed by atoms with Crippen LogP contribution in [0, 0.1) is 6.92 Å². The second-order valence-corrected chi connectivity index (χ2v) is 9.01. The summed E-state index contributed by atoms with van der Waals surface area (Å²) in [5, 5.41) is 6.60. The Morgan fingerprint density at radius 3 is 2.66 bits per heavy atom. The second kappa shape index (κ2) is 9.14. The van der Waals surface area contributed by atoms with Gasteiger partial charge in [0.15, 0.2) is 0 Å². The van der Waals surface area contributed by atoms with E-state index in [2.05, 4.69) is 38.8 Å². The number of thiophene rings is 1. The van der Waals surface area contributed by atoms with Crippen LogP contribution in [0.4, 0.5) is 17.5 Å². The van der Waals surface area contributed by atoms with Crippen molar-refractivity contribution in [1.29, 1.82) is 0 Å². The molecule has 164 valence electrons. The lowest BCUT2D eigenvalue weighted by Crippen LogP contribution is -2.25. The average Bonchev–Trinajstić information content (AvgIpc) is 3.47. The van der Waals surface area contributed by atoms with Crippen molar-refractivity contribution in [2.45, 2.75) is 19.8 Å². The molecule has 4 aromatic rings. The molecule has 0 radical (unpaired) electrons. The minimum absolute atomic E-state index is 0.481. The Labute approximate surface area is 192 Å². The van der Waals surface area contributed by atoms with E-state index < -0.39 is 0 Å². The number of anilines is 3. The smallest absolute Gasteiger partial charge is 0.229 e. The standard InChI is InChI=1S/C25H27N5OS/c1-17-23(21-16-32-22-7-3-2-6-20(21)22)28-25(29-24(17)26)27-18-8-10-19(11-9-18)31-15-14-30-12-4-5-13-30/h2-3,6-11,16H,4-5,12-15H2,1H3,(H3,26,27,28,29). The minimum atomic E-state index is 0.481. The van der Waals surface area contributed by atoms with Crippen LogP contribution in [0.25, 0.3) is 21.3 Å². The van der Waals surface area contributed by atoms with E-state index in [9.17, 15) is 0 Å². The minimum Gasteiger partial charge on any atom is -0.492 e. The molecule has 1 aliphatic heterocycles. The maximum atomic E-state index is 6.24. The first kappa shape index (κ1) is 20.7. The fraction of sp³-hybridized carbons (Fsp3) is 0.280. The van der Waals surface area contributed by atoms with E-state index >= 15 is 0 Å². The van der Waals surface area contributed by atoms with E-state index in [-0.39, 0.29) is 0 Å². The van der Waals surface area contributed by atoms with Crippen LogP contribution >= 0.6 is 11.3 Å². The Morgan fingerprint density at radius 1 is 1.06 bits per heavy atom. The van der Waals surface area contributed by atoms with Crippen molar-refractivity contribution in [2.75, 3.05) is 37.3 Å². The molecule has 0 unspecified atom stereocenters. The molecule has 1 fully saturated rings. The van der Waals surface area contributed by atoms with Gasteiger partial charge in [-0.1, -0.05) is 18.2 Å². The van der Waals surface area contributed by atoms with Gasteiger partial charge in [-0.15, -0.1) is 11.3 Å². The summed E-state index contributed by atoms with van der Waals surface area (Å²) in [4.78, 5) is 11.7. The van der Waals surface area contributed by atoms with Gasteiger partial charge in [0.05, 0.1) is 5.69 Å². The molecule has 0 amide bonds. The third-order valence-electron chi connectivity index (χ3n) is 5.90. The number of ether oxygens (including phenoxy) is 1. The Morgan fingerprint density at radius 2 is 1.84 bits per heavy atom. The molecule has 1 saturated heterocycles.